The summed E-state index contributed by atoms with van der Waals surface area (Å²) in [7, 11) is 0. The number of hydrogen-bond acceptors (Lipinski definition) is 6. The average molecular weight is 494 g/mol. The summed E-state index contributed by atoms with van der Waals surface area (Å²) in [4.78, 5) is 44.1. The summed E-state index contributed by atoms with van der Waals surface area (Å²) in [6.07, 6.45) is 5.62. The first kappa shape index (κ1) is 25.5. The van der Waals surface area contributed by atoms with Crippen LogP contribution in [0.3, 0.4) is 0 Å². The lowest BCUT2D eigenvalue weighted by Gasteiger charge is -2.36. The first-order valence-electron chi connectivity index (χ1n) is 12.6. The van der Waals surface area contributed by atoms with Crippen LogP contribution < -0.4 is 16.0 Å². The number of benzene rings is 1. The van der Waals surface area contributed by atoms with E-state index in [1.54, 1.807) is 38.7 Å². The molecule has 0 saturated carbocycles. The molecule has 0 aliphatic carbocycles. The standard InChI is InChI=1S/C27H35N5O4/c1-17-14-20(16-29-23(17)31-26(35)36-27(2,3)4)30-24(33)25(34)32-13-6-5-9-22(32)19-10-11-21-18(15-19)8-7-12-28-21/h10-11,14-16,22,28H,5-9,12-13H2,1-4H3,(H,30,33)(H,29,31,35)/t22-/m0/s1. The van der Waals surface area contributed by atoms with E-state index in [1.165, 1.54) is 11.8 Å². The van der Waals surface area contributed by atoms with Crippen molar-refractivity contribution in [2.45, 2.75) is 71.4 Å². The fourth-order valence-electron chi connectivity index (χ4n) is 4.71. The fourth-order valence-corrected chi connectivity index (χ4v) is 4.71. The molecule has 1 atom stereocenters. The Morgan fingerprint density at radius 2 is 1.92 bits per heavy atom. The number of ether oxygens (including phenoxy) is 1. The number of fused-ring (bicyclic) bond motifs is 1. The molecule has 9 heteroatoms. The summed E-state index contributed by atoms with van der Waals surface area (Å²) in [6.45, 7) is 8.60. The topological polar surface area (TPSA) is 113 Å². The van der Waals surface area contributed by atoms with Crippen LogP contribution >= 0.6 is 0 Å². The van der Waals surface area contributed by atoms with Gasteiger partial charge in [-0.2, -0.15) is 0 Å². The summed E-state index contributed by atoms with van der Waals surface area (Å²) >= 11 is 0. The molecule has 2 aliphatic heterocycles. The van der Waals surface area contributed by atoms with Crippen molar-refractivity contribution in [1.82, 2.24) is 9.88 Å². The maximum absolute atomic E-state index is 13.2. The minimum absolute atomic E-state index is 0.121. The van der Waals surface area contributed by atoms with Gasteiger partial charge in [-0.15, -0.1) is 0 Å². The molecule has 2 aromatic rings. The van der Waals surface area contributed by atoms with Gasteiger partial charge in [-0.3, -0.25) is 14.9 Å². The van der Waals surface area contributed by atoms with Crippen molar-refractivity contribution in [2.24, 2.45) is 0 Å². The van der Waals surface area contributed by atoms with Crippen LogP contribution in [0.1, 0.15) is 69.2 Å². The molecule has 2 aliphatic rings. The minimum Gasteiger partial charge on any atom is -0.444 e. The summed E-state index contributed by atoms with van der Waals surface area (Å²) < 4.78 is 5.25. The predicted molar refractivity (Wildman–Crippen MR) is 139 cm³/mol. The minimum atomic E-state index is -0.699. The van der Waals surface area contributed by atoms with Crippen molar-refractivity contribution in [3.8, 4) is 0 Å². The van der Waals surface area contributed by atoms with Gasteiger partial charge in [0.15, 0.2) is 0 Å². The van der Waals surface area contributed by atoms with Crippen molar-refractivity contribution >= 4 is 35.1 Å². The molecule has 3 amide bonds. The number of carbonyl (C=O) groups excluding carboxylic acids is 3. The lowest BCUT2D eigenvalue weighted by molar-refractivity contribution is -0.145. The van der Waals surface area contributed by atoms with Gasteiger partial charge in [-0.25, -0.2) is 9.78 Å². The number of aryl methyl sites for hydroxylation is 2. The largest absolute Gasteiger partial charge is 0.444 e. The fraction of sp³-hybridized carbons (Fsp3) is 0.481. The van der Waals surface area contributed by atoms with Crippen LogP contribution in [-0.2, 0) is 20.7 Å². The third kappa shape index (κ3) is 6.13. The highest BCUT2D eigenvalue weighted by Gasteiger charge is 2.32. The quantitative estimate of drug-likeness (QED) is 0.530. The second kappa shape index (κ2) is 10.6. The highest BCUT2D eigenvalue weighted by Crippen LogP contribution is 2.34. The predicted octanol–water partition coefficient (Wildman–Crippen LogP) is 4.79. The Hall–Kier alpha value is -3.62. The zero-order chi connectivity index (χ0) is 25.9. The Bertz CT molecular complexity index is 1160. The molecule has 3 heterocycles. The molecular weight excluding hydrogens is 458 g/mol. The highest BCUT2D eigenvalue weighted by atomic mass is 16.6. The Morgan fingerprint density at radius 3 is 2.67 bits per heavy atom. The molecule has 192 valence electrons. The van der Waals surface area contributed by atoms with Gasteiger partial charge < -0.3 is 20.3 Å². The zero-order valence-electron chi connectivity index (χ0n) is 21.4. The zero-order valence-corrected chi connectivity index (χ0v) is 21.4. The van der Waals surface area contributed by atoms with Crippen LogP contribution in [0.4, 0.5) is 22.0 Å². The van der Waals surface area contributed by atoms with Crippen LogP contribution in [0.15, 0.2) is 30.5 Å². The van der Waals surface area contributed by atoms with Gasteiger partial charge in [-0.1, -0.05) is 12.1 Å². The van der Waals surface area contributed by atoms with Crippen LogP contribution in [0.5, 0.6) is 0 Å². The Morgan fingerprint density at radius 1 is 1.11 bits per heavy atom. The second-order valence-corrected chi connectivity index (χ2v) is 10.4. The first-order valence-corrected chi connectivity index (χ1v) is 12.6. The maximum Gasteiger partial charge on any atom is 0.413 e. The molecule has 1 aromatic carbocycles. The summed E-state index contributed by atoms with van der Waals surface area (Å²) in [5, 5.41) is 8.70. The molecule has 1 saturated heterocycles. The van der Waals surface area contributed by atoms with E-state index in [9.17, 15) is 14.4 Å². The van der Waals surface area contributed by atoms with Crippen molar-refractivity contribution < 1.29 is 19.1 Å². The smallest absolute Gasteiger partial charge is 0.413 e. The summed E-state index contributed by atoms with van der Waals surface area (Å²) in [5.74, 6) is -0.925. The van der Waals surface area contributed by atoms with Gasteiger partial charge in [-0.05, 0) is 88.6 Å². The lowest BCUT2D eigenvalue weighted by Crippen LogP contribution is -2.44. The van der Waals surface area contributed by atoms with Gasteiger partial charge in [0, 0.05) is 18.8 Å². The third-order valence-corrected chi connectivity index (χ3v) is 6.37. The molecule has 0 radical (unpaired) electrons. The van der Waals surface area contributed by atoms with Gasteiger partial charge >= 0.3 is 17.9 Å². The molecule has 3 N–H and O–H groups in total. The van der Waals surface area contributed by atoms with Gasteiger partial charge in [0.1, 0.15) is 11.4 Å². The normalized spacial score (nSPS) is 17.4. The molecule has 4 rings (SSSR count). The van der Waals surface area contributed by atoms with E-state index in [2.05, 4.69) is 39.1 Å². The van der Waals surface area contributed by atoms with Gasteiger partial charge in [0.25, 0.3) is 0 Å². The van der Waals surface area contributed by atoms with E-state index in [-0.39, 0.29) is 6.04 Å². The Labute approximate surface area is 212 Å². The number of amides is 3. The SMILES string of the molecule is Cc1cc(NC(=O)C(=O)N2CCCC[C@H]2c2ccc3c(c2)CCCN3)cnc1NC(=O)OC(C)(C)C. The van der Waals surface area contributed by atoms with Crippen LogP contribution in [0, 0.1) is 6.92 Å². The third-order valence-electron chi connectivity index (χ3n) is 6.37. The summed E-state index contributed by atoms with van der Waals surface area (Å²) in [5.41, 5.74) is 3.88. The van der Waals surface area contributed by atoms with Crippen molar-refractivity contribution in [3.63, 3.8) is 0 Å². The van der Waals surface area contributed by atoms with E-state index in [0.29, 0.717) is 23.6 Å². The van der Waals surface area contributed by atoms with Crippen LogP contribution in [0.2, 0.25) is 0 Å². The molecular formula is C27H35N5O4. The molecule has 1 fully saturated rings. The Balaban J connectivity index is 1.43. The number of nitrogens with zero attached hydrogens (tertiary/aromatic N) is 2. The number of piperidine rings is 1. The monoisotopic (exact) mass is 493 g/mol. The molecule has 0 bridgehead atoms. The van der Waals surface area contributed by atoms with E-state index >= 15 is 0 Å². The number of carbonyl (C=O) groups is 3. The lowest BCUT2D eigenvalue weighted by atomic mass is 9.91. The number of rotatable bonds is 3. The van der Waals surface area contributed by atoms with Crippen molar-refractivity contribution in [3.05, 3.63) is 47.2 Å². The highest BCUT2D eigenvalue weighted by molar-refractivity contribution is 6.39. The van der Waals surface area contributed by atoms with E-state index < -0.39 is 23.5 Å². The number of likely N-dealkylation sites (tertiary alicyclic amines) is 1. The van der Waals surface area contributed by atoms with E-state index in [4.69, 9.17) is 4.74 Å². The Kier molecular flexibility index (Phi) is 7.47. The van der Waals surface area contributed by atoms with E-state index in [0.717, 1.165) is 49.9 Å². The molecule has 1 aromatic heterocycles. The van der Waals surface area contributed by atoms with E-state index in [1.807, 2.05) is 0 Å². The first-order chi connectivity index (χ1) is 17.1. The van der Waals surface area contributed by atoms with Gasteiger partial charge in [0.2, 0.25) is 0 Å². The second-order valence-electron chi connectivity index (χ2n) is 10.4. The van der Waals surface area contributed by atoms with Gasteiger partial charge in [0.05, 0.1) is 17.9 Å². The molecule has 0 spiro atoms. The number of pyridine rings is 1. The number of nitrogens with one attached hydrogen (secondary N) is 3. The average Bonchev–Trinajstić information content (AvgIpc) is 2.84. The number of anilines is 3. The molecule has 36 heavy (non-hydrogen) atoms. The van der Waals surface area contributed by atoms with Crippen LogP contribution in [0.25, 0.3) is 0 Å². The number of aromatic nitrogens is 1. The van der Waals surface area contributed by atoms with Crippen molar-refractivity contribution in [2.75, 3.05) is 29.0 Å². The molecule has 9 nitrogen and oxygen atoms in total. The number of hydrogen-bond donors (Lipinski definition) is 3. The van der Waals surface area contributed by atoms with Crippen LogP contribution in [-0.4, -0.2) is 46.5 Å². The maximum atomic E-state index is 13.2. The van der Waals surface area contributed by atoms with Crippen molar-refractivity contribution in [1.29, 1.82) is 0 Å². The molecule has 0 unspecified atom stereocenters. The summed E-state index contributed by atoms with van der Waals surface area (Å²) in [6, 6.07) is 7.87.